The predicted molar refractivity (Wildman–Crippen MR) is 291 cm³/mol. The fourth-order valence-corrected chi connectivity index (χ4v) is 10.2. The van der Waals surface area contributed by atoms with Crippen molar-refractivity contribution in [3.63, 3.8) is 0 Å². The van der Waals surface area contributed by atoms with Gasteiger partial charge in [0.15, 0.2) is 0 Å². The van der Waals surface area contributed by atoms with Gasteiger partial charge in [0.1, 0.15) is 0 Å². The summed E-state index contributed by atoms with van der Waals surface area (Å²) in [5.74, 6) is 0. The van der Waals surface area contributed by atoms with Crippen molar-refractivity contribution in [1.29, 1.82) is 0 Å². The first-order chi connectivity index (χ1) is 34.7. The summed E-state index contributed by atoms with van der Waals surface area (Å²) >= 11 is 0. The minimum Gasteiger partial charge on any atom is -0.310 e. The second-order valence-corrected chi connectivity index (χ2v) is 18.1. The highest BCUT2D eigenvalue weighted by Gasteiger charge is 2.31. The Morgan fingerprint density at radius 1 is 0.296 bits per heavy atom. The summed E-state index contributed by atoms with van der Waals surface area (Å²) in [4.78, 5) is 4.49. The molecule has 0 fully saturated rings. The Morgan fingerprint density at radius 2 is 0.620 bits per heavy atom. The maximum Gasteiger partial charge on any atom is 0.416 e. The molecule has 71 heavy (non-hydrogen) atoms. The van der Waals surface area contributed by atoms with Crippen LogP contribution in [0.15, 0.2) is 255 Å². The van der Waals surface area contributed by atoms with Crippen molar-refractivity contribution in [3.05, 3.63) is 266 Å². The lowest BCUT2D eigenvalue weighted by Gasteiger charge is -2.30. The van der Waals surface area contributed by atoms with Crippen LogP contribution in [-0.4, -0.2) is 0 Å². The molecule has 0 aromatic heterocycles. The zero-order chi connectivity index (χ0) is 48.1. The average molecular weight is 923 g/mol. The molecule has 0 radical (unpaired) electrons. The lowest BCUT2D eigenvalue weighted by molar-refractivity contribution is -0.137. The van der Waals surface area contributed by atoms with Gasteiger partial charge < -0.3 is 9.80 Å². The van der Waals surface area contributed by atoms with Crippen LogP contribution in [0.1, 0.15) is 11.1 Å². The van der Waals surface area contributed by atoms with Gasteiger partial charge in [-0.05, 0) is 158 Å². The van der Waals surface area contributed by atoms with Crippen molar-refractivity contribution in [2.24, 2.45) is 0 Å². The molecular weight excluding hydrogens is 878 g/mol. The van der Waals surface area contributed by atoms with Gasteiger partial charge in [-0.2, -0.15) is 13.2 Å². The summed E-state index contributed by atoms with van der Waals surface area (Å²) in [6.45, 7) is 2.11. The number of halogens is 3. The van der Waals surface area contributed by atoms with E-state index in [1.165, 1.54) is 17.7 Å². The third kappa shape index (κ3) is 8.21. The number of hydrogen-bond donors (Lipinski definition) is 0. The van der Waals surface area contributed by atoms with E-state index in [4.69, 9.17) is 0 Å². The van der Waals surface area contributed by atoms with Crippen LogP contribution in [0, 0.1) is 6.92 Å². The molecule has 0 heterocycles. The molecule has 12 aromatic carbocycles. The van der Waals surface area contributed by atoms with Gasteiger partial charge in [0.25, 0.3) is 0 Å². The quantitative estimate of drug-likeness (QED) is 0.126. The summed E-state index contributed by atoms with van der Waals surface area (Å²) in [7, 11) is 0. The Hall–Kier alpha value is -8.93. The smallest absolute Gasteiger partial charge is 0.310 e. The van der Waals surface area contributed by atoms with E-state index in [9.17, 15) is 13.2 Å². The fraction of sp³-hybridized carbons (Fsp3) is 0.0303. The SMILES string of the molecule is Cc1ccc(N(c2cc(-c3ccccc3)cc(-c3ccccc3)c2)c2ccc3ccc4c(N(c5ccc(C(F)(F)F)cc5)c5cc(-c6ccccc6)cc(-c6ccccc6)c5)ccc5ccc2c3c54)cc1. The van der Waals surface area contributed by atoms with Crippen molar-refractivity contribution < 1.29 is 13.2 Å². The van der Waals surface area contributed by atoms with E-state index in [1.807, 2.05) is 48.5 Å². The van der Waals surface area contributed by atoms with E-state index >= 15 is 0 Å². The molecule has 0 spiro atoms. The van der Waals surface area contributed by atoms with Crippen LogP contribution in [0.2, 0.25) is 0 Å². The van der Waals surface area contributed by atoms with Gasteiger partial charge in [0, 0.05) is 33.5 Å². The molecule has 0 saturated carbocycles. The van der Waals surface area contributed by atoms with Gasteiger partial charge in [0.2, 0.25) is 0 Å². The highest BCUT2D eigenvalue weighted by atomic mass is 19.4. The Kier molecular flexibility index (Phi) is 10.9. The first-order valence-corrected chi connectivity index (χ1v) is 23.8. The van der Waals surface area contributed by atoms with E-state index in [1.54, 1.807) is 12.1 Å². The Labute approximate surface area is 411 Å². The highest BCUT2D eigenvalue weighted by molar-refractivity contribution is 6.28. The Balaban J connectivity index is 1.11. The molecule has 0 unspecified atom stereocenters. The van der Waals surface area contributed by atoms with Crippen LogP contribution in [0.5, 0.6) is 0 Å². The average Bonchev–Trinajstić information content (AvgIpc) is 3.42. The molecular formula is C66H45F3N2. The van der Waals surface area contributed by atoms with E-state index in [0.29, 0.717) is 5.69 Å². The lowest BCUT2D eigenvalue weighted by Crippen LogP contribution is -2.12. The summed E-state index contributed by atoms with van der Waals surface area (Å²) < 4.78 is 42.6. The van der Waals surface area contributed by atoms with E-state index in [0.717, 1.165) is 105 Å². The largest absolute Gasteiger partial charge is 0.416 e. The van der Waals surface area contributed by atoms with E-state index in [2.05, 4.69) is 199 Å². The van der Waals surface area contributed by atoms with Gasteiger partial charge in [0.05, 0.1) is 16.9 Å². The summed E-state index contributed by atoms with van der Waals surface area (Å²) in [5.41, 5.74) is 14.3. The molecule has 0 atom stereocenters. The van der Waals surface area contributed by atoms with Crippen molar-refractivity contribution >= 4 is 66.4 Å². The highest BCUT2D eigenvalue weighted by Crippen LogP contribution is 2.49. The minimum absolute atomic E-state index is 0.607. The number of benzene rings is 12. The minimum atomic E-state index is -4.49. The zero-order valence-electron chi connectivity index (χ0n) is 38.8. The monoisotopic (exact) mass is 922 g/mol. The maximum absolute atomic E-state index is 14.2. The first kappa shape index (κ1) is 43.4. The molecule has 0 aliphatic rings. The van der Waals surface area contributed by atoms with Gasteiger partial charge in [-0.25, -0.2) is 0 Å². The van der Waals surface area contributed by atoms with Gasteiger partial charge in [-0.3, -0.25) is 0 Å². The molecule has 0 aliphatic carbocycles. The zero-order valence-corrected chi connectivity index (χ0v) is 38.8. The fourth-order valence-electron chi connectivity index (χ4n) is 10.2. The maximum atomic E-state index is 14.2. The van der Waals surface area contributed by atoms with Crippen LogP contribution in [0.4, 0.5) is 47.3 Å². The standard InChI is InChI=1S/C66H45F3N2/c1-44-22-30-56(31-23-44)70(58-40-51(45-14-6-2-7-15-45)38-52(41-58)46-16-8-3-9-17-46)62-36-26-49-25-35-61-63(37-27-50-24-34-60(62)64(49)65(50)61)71(57-32-28-55(29-33-57)66(67,68)69)59-42-53(47-18-10-4-11-19-47)39-54(43-59)48-20-12-5-13-21-48/h2-43H,1H3. The van der Waals surface area contributed by atoms with Gasteiger partial charge in [-0.1, -0.05) is 175 Å². The number of alkyl halides is 3. The number of nitrogens with zero attached hydrogens (tertiary/aromatic N) is 2. The topological polar surface area (TPSA) is 6.48 Å². The van der Waals surface area contributed by atoms with Gasteiger partial charge >= 0.3 is 6.18 Å². The van der Waals surface area contributed by atoms with Crippen LogP contribution < -0.4 is 9.80 Å². The summed E-state index contributed by atoms with van der Waals surface area (Å²) in [6, 6.07) is 86.5. The number of hydrogen-bond acceptors (Lipinski definition) is 2. The van der Waals surface area contributed by atoms with Crippen molar-refractivity contribution in [2.45, 2.75) is 13.1 Å². The number of rotatable bonds is 10. The molecule has 340 valence electrons. The molecule has 0 aliphatic heterocycles. The second kappa shape index (κ2) is 17.9. The number of aryl methyl sites for hydroxylation is 1. The van der Waals surface area contributed by atoms with Crippen molar-refractivity contribution in [2.75, 3.05) is 9.80 Å². The first-order valence-electron chi connectivity index (χ1n) is 23.8. The number of anilines is 6. The van der Waals surface area contributed by atoms with Gasteiger partial charge in [-0.15, -0.1) is 0 Å². The Morgan fingerprint density at radius 3 is 0.958 bits per heavy atom. The molecule has 0 amide bonds. The predicted octanol–water partition coefficient (Wildman–Crippen LogP) is 19.5. The molecule has 12 rings (SSSR count). The van der Waals surface area contributed by atoms with E-state index in [-0.39, 0.29) is 0 Å². The van der Waals surface area contributed by atoms with Crippen LogP contribution in [0.25, 0.3) is 76.8 Å². The lowest BCUT2D eigenvalue weighted by atomic mass is 9.91. The molecule has 0 saturated heterocycles. The van der Waals surface area contributed by atoms with Crippen molar-refractivity contribution in [1.82, 2.24) is 0 Å². The Bertz CT molecular complexity index is 3720. The van der Waals surface area contributed by atoms with Crippen LogP contribution in [-0.2, 0) is 6.18 Å². The molecule has 0 N–H and O–H groups in total. The summed E-state index contributed by atoms with van der Waals surface area (Å²) in [6.07, 6.45) is -4.49. The van der Waals surface area contributed by atoms with E-state index < -0.39 is 11.7 Å². The van der Waals surface area contributed by atoms with Crippen LogP contribution >= 0.6 is 0 Å². The third-order valence-corrected chi connectivity index (χ3v) is 13.6. The van der Waals surface area contributed by atoms with Crippen LogP contribution in [0.3, 0.4) is 0 Å². The molecule has 12 aromatic rings. The van der Waals surface area contributed by atoms with Crippen molar-refractivity contribution in [3.8, 4) is 44.5 Å². The molecule has 0 bridgehead atoms. The third-order valence-electron chi connectivity index (χ3n) is 13.6. The molecule has 5 heteroatoms. The summed E-state index contributed by atoms with van der Waals surface area (Å²) in [5, 5.41) is 6.38. The molecule has 2 nitrogen and oxygen atoms in total. The second-order valence-electron chi connectivity index (χ2n) is 18.1. The normalized spacial score (nSPS) is 11.7.